The molecule has 0 atom stereocenters. The normalized spacial score (nSPS) is 14.8. The molecule has 0 radical (unpaired) electrons. The lowest BCUT2D eigenvalue weighted by molar-refractivity contribution is 0.111. The highest BCUT2D eigenvalue weighted by Gasteiger charge is 2.29. The highest BCUT2D eigenvalue weighted by atomic mass is 16.6. The van der Waals surface area contributed by atoms with Crippen molar-refractivity contribution in [2.24, 2.45) is 5.16 Å². The van der Waals surface area contributed by atoms with Crippen LogP contribution >= 0.6 is 0 Å². The van der Waals surface area contributed by atoms with Crippen LogP contribution in [0.2, 0.25) is 0 Å². The van der Waals surface area contributed by atoms with Crippen LogP contribution in [0.25, 0.3) is 0 Å². The highest BCUT2D eigenvalue weighted by molar-refractivity contribution is 5.79. The van der Waals surface area contributed by atoms with Crippen molar-refractivity contribution in [3.63, 3.8) is 0 Å². The van der Waals surface area contributed by atoms with Crippen LogP contribution < -0.4 is 0 Å². The van der Waals surface area contributed by atoms with Gasteiger partial charge in [0.25, 0.3) is 5.89 Å². The minimum Gasteiger partial charge on any atom is -0.421 e. The summed E-state index contributed by atoms with van der Waals surface area (Å²) in [4.78, 5) is 5.17. The van der Waals surface area contributed by atoms with Gasteiger partial charge in [0.1, 0.15) is 0 Å². The van der Waals surface area contributed by atoms with Gasteiger partial charge in [0.15, 0.2) is 6.61 Å². The second-order valence-corrected chi connectivity index (χ2v) is 4.91. The van der Waals surface area contributed by atoms with Gasteiger partial charge in [0.2, 0.25) is 5.89 Å². The summed E-state index contributed by atoms with van der Waals surface area (Å²) in [5.41, 5.74) is 2.31. The lowest BCUT2D eigenvalue weighted by Crippen LogP contribution is -1.89. The van der Waals surface area contributed by atoms with Crippen molar-refractivity contribution in [2.75, 3.05) is 0 Å². The SMILES string of the molecule is CCc1ccc(C=NOCc2nnc(C3CC3)o2)cc1. The van der Waals surface area contributed by atoms with E-state index in [-0.39, 0.29) is 6.61 Å². The standard InChI is InChI=1S/C15H17N3O2/c1-2-11-3-5-12(6-4-11)9-16-19-10-14-17-18-15(20-14)13-7-8-13/h3-6,9,13H,2,7-8,10H2,1H3. The van der Waals surface area contributed by atoms with Crippen LogP contribution in [0, 0.1) is 0 Å². The summed E-state index contributed by atoms with van der Waals surface area (Å²) in [5.74, 6) is 1.67. The summed E-state index contributed by atoms with van der Waals surface area (Å²) in [6, 6.07) is 8.20. The predicted molar refractivity (Wildman–Crippen MR) is 74.5 cm³/mol. The Balaban J connectivity index is 1.49. The Morgan fingerprint density at radius 3 is 2.80 bits per heavy atom. The van der Waals surface area contributed by atoms with E-state index >= 15 is 0 Å². The minimum atomic E-state index is 0.212. The maximum Gasteiger partial charge on any atom is 0.256 e. The summed E-state index contributed by atoms with van der Waals surface area (Å²) in [7, 11) is 0. The molecule has 1 aliphatic rings. The lowest BCUT2D eigenvalue weighted by Gasteiger charge is -1.97. The summed E-state index contributed by atoms with van der Waals surface area (Å²) >= 11 is 0. The molecule has 5 heteroatoms. The summed E-state index contributed by atoms with van der Waals surface area (Å²) in [6.45, 7) is 2.34. The minimum absolute atomic E-state index is 0.212. The highest BCUT2D eigenvalue weighted by Crippen LogP contribution is 2.38. The van der Waals surface area contributed by atoms with Gasteiger partial charge in [-0.1, -0.05) is 36.3 Å². The Bertz CT molecular complexity index is 585. The first-order chi connectivity index (χ1) is 9.85. The first-order valence-electron chi connectivity index (χ1n) is 6.91. The largest absolute Gasteiger partial charge is 0.421 e. The van der Waals surface area contributed by atoms with Gasteiger partial charge >= 0.3 is 0 Å². The van der Waals surface area contributed by atoms with E-state index < -0.39 is 0 Å². The number of benzene rings is 1. The molecule has 20 heavy (non-hydrogen) atoms. The molecule has 5 nitrogen and oxygen atoms in total. The maximum atomic E-state index is 5.47. The van der Waals surface area contributed by atoms with Crippen molar-refractivity contribution in [2.45, 2.75) is 38.7 Å². The fraction of sp³-hybridized carbons (Fsp3) is 0.400. The molecule has 1 heterocycles. The van der Waals surface area contributed by atoms with Crippen molar-refractivity contribution in [3.8, 4) is 0 Å². The molecule has 1 saturated carbocycles. The van der Waals surface area contributed by atoms with Gasteiger partial charge in [-0.3, -0.25) is 0 Å². The molecule has 1 aliphatic carbocycles. The van der Waals surface area contributed by atoms with Gasteiger partial charge in [-0.15, -0.1) is 10.2 Å². The summed E-state index contributed by atoms with van der Waals surface area (Å²) in [5, 5.41) is 11.8. The number of rotatable bonds is 6. The average Bonchev–Trinajstić information content (AvgIpc) is 3.24. The lowest BCUT2D eigenvalue weighted by atomic mass is 10.1. The van der Waals surface area contributed by atoms with E-state index in [1.165, 1.54) is 5.56 Å². The molecule has 0 amide bonds. The van der Waals surface area contributed by atoms with E-state index in [2.05, 4.69) is 34.4 Å². The predicted octanol–water partition coefficient (Wildman–Crippen LogP) is 3.06. The molecule has 104 valence electrons. The Hall–Kier alpha value is -2.17. The molecule has 0 aliphatic heterocycles. The molecule has 1 fully saturated rings. The van der Waals surface area contributed by atoms with Crippen molar-refractivity contribution in [3.05, 3.63) is 47.2 Å². The summed E-state index contributed by atoms with van der Waals surface area (Å²) in [6.07, 6.45) is 5.01. The number of nitrogens with zero attached hydrogens (tertiary/aromatic N) is 3. The van der Waals surface area contributed by atoms with E-state index in [0.29, 0.717) is 11.8 Å². The molecule has 0 spiro atoms. The Morgan fingerprint density at radius 2 is 2.10 bits per heavy atom. The Morgan fingerprint density at radius 1 is 1.30 bits per heavy atom. The molecule has 2 aromatic rings. The van der Waals surface area contributed by atoms with E-state index in [9.17, 15) is 0 Å². The van der Waals surface area contributed by atoms with Crippen molar-refractivity contribution in [1.82, 2.24) is 10.2 Å². The first-order valence-corrected chi connectivity index (χ1v) is 6.91. The van der Waals surface area contributed by atoms with Crippen molar-refractivity contribution < 1.29 is 9.25 Å². The van der Waals surface area contributed by atoms with Crippen LogP contribution in [0.3, 0.4) is 0 Å². The number of oxime groups is 1. The Labute approximate surface area is 117 Å². The zero-order chi connectivity index (χ0) is 13.8. The quantitative estimate of drug-likeness (QED) is 0.598. The second-order valence-electron chi connectivity index (χ2n) is 4.91. The van der Waals surface area contributed by atoms with E-state index in [0.717, 1.165) is 30.7 Å². The van der Waals surface area contributed by atoms with Crippen molar-refractivity contribution >= 4 is 6.21 Å². The number of hydrogen-bond acceptors (Lipinski definition) is 5. The van der Waals surface area contributed by atoms with Gasteiger partial charge in [0.05, 0.1) is 6.21 Å². The molecule has 1 aromatic carbocycles. The zero-order valence-corrected chi connectivity index (χ0v) is 11.5. The van der Waals surface area contributed by atoms with Gasteiger partial charge in [-0.25, -0.2) is 0 Å². The van der Waals surface area contributed by atoms with Gasteiger partial charge in [-0.2, -0.15) is 0 Å². The van der Waals surface area contributed by atoms with Gasteiger partial charge < -0.3 is 9.25 Å². The van der Waals surface area contributed by atoms with E-state index in [1.54, 1.807) is 6.21 Å². The Kier molecular flexibility index (Phi) is 3.76. The molecule has 3 rings (SSSR count). The van der Waals surface area contributed by atoms with Crippen molar-refractivity contribution in [1.29, 1.82) is 0 Å². The third kappa shape index (κ3) is 3.23. The first kappa shape index (κ1) is 12.8. The van der Waals surface area contributed by atoms with Crippen LogP contribution in [0.5, 0.6) is 0 Å². The fourth-order valence-electron chi connectivity index (χ4n) is 1.85. The molecule has 0 saturated heterocycles. The van der Waals surface area contributed by atoms with Crippen LogP contribution in [0.1, 0.15) is 48.6 Å². The van der Waals surface area contributed by atoms with Crippen LogP contribution in [0.15, 0.2) is 33.8 Å². The number of hydrogen-bond donors (Lipinski definition) is 0. The monoisotopic (exact) mass is 271 g/mol. The van der Waals surface area contributed by atoms with Gasteiger partial charge in [-0.05, 0) is 30.4 Å². The van der Waals surface area contributed by atoms with E-state index in [4.69, 9.17) is 9.25 Å². The van der Waals surface area contributed by atoms with E-state index in [1.807, 2.05) is 12.1 Å². The summed E-state index contributed by atoms with van der Waals surface area (Å²) < 4.78 is 5.47. The average molecular weight is 271 g/mol. The van der Waals surface area contributed by atoms with Crippen LogP contribution in [-0.4, -0.2) is 16.4 Å². The third-order valence-corrected chi connectivity index (χ3v) is 3.26. The maximum absolute atomic E-state index is 5.47. The zero-order valence-electron chi connectivity index (χ0n) is 11.5. The molecule has 0 bridgehead atoms. The van der Waals surface area contributed by atoms with Gasteiger partial charge in [0, 0.05) is 5.92 Å². The molecule has 0 N–H and O–H groups in total. The van der Waals surface area contributed by atoms with Crippen LogP contribution in [0.4, 0.5) is 0 Å². The molecular formula is C15H17N3O2. The molecular weight excluding hydrogens is 254 g/mol. The van der Waals surface area contributed by atoms with Crippen LogP contribution in [-0.2, 0) is 17.9 Å². The third-order valence-electron chi connectivity index (χ3n) is 3.26. The smallest absolute Gasteiger partial charge is 0.256 e. The number of aromatic nitrogens is 2. The topological polar surface area (TPSA) is 60.5 Å². The molecule has 0 unspecified atom stereocenters. The molecule has 1 aromatic heterocycles. The fourth-order valence-corrected chi connectivity index (χ4v) is 1.85. The second kappa shape index (κ2) is 5.86. The number of aryl methyl sites for hydroxylation is 1.